The van der Waals surface area contributed by atoms with E-state index in [9.17, 15) is 13.2 Å². The number of ether oxygens (including phenoxy) is 1. The van der Waals surface area contributed by atoms with Crippen LogP contribution >= 0.6 is 11.6 Å². The topological polar surface area (TPSA) is 102 Å². The maximum absolute atomic E-state index is 12.7. The second kappa shape index (κ2) is 10.5. The van der Waals surface area contributed by atoms with Gasteiger partial charge in [0.2, 0.25) is 15.9 Å². The third-order valence-electron chi connectivity index (χ3n) is 5.28. The number of rotatable bonds is 8. The molecular weight excluding hydrogens is 466 g/mol. The molecule has 0 radical (unpaired) electrons. The number of aromatic nitrogens is 1. The summed E-state index contributed by atoms with van der Waals surface area (Å²) in [6, 6.07) is 13.9. The van der Waals surface area contributed by atoms with Gasteiger partial charge in [-0.05, 0) is 29.8 Å². The molecule has 1 N–H and O–H groups in total. The maximum atomic E-state index is 12.7. The number of aryl methyl sites for hydroxylation is 1. The lowest BCUT2D eigenvalue weighted by atomic mass is 10.2. The summed E-state index contributed by atoms with van der Waals surface area (Å²) in [5.41, 5.74) is 1.56. The van der Waals surface area contributed by atoms with E-state index in [1.54, 1.807) is 36.5 Å². The van der Waals surface area contributed by atoms with Gasteiger partial charge < -0.3 is 14.5 Å². The second-order valence-corrected chi connectivity index (χ2v) is 9.88. The van der Waals surface area contributed by atoms with Crippen molar-refractivity contribution in [3.05, 3.63) is 71.2 Å². The van der Waals surface area contributed by atoms with E-state index in [2.05, 4.69) is 10.3 Å². The summed E-state index contributed by atoms with van der Waals surface area (Å²) in [6.07, 6.45) is 2.17. The fraction of sp³-hybridized carbons (Fsp3) is 0.304. The highest BCUT2D eigenvalue weighted by Crippen LogP contribution is 2.28. The van der Waals surface area contributed by atoms with E-state index in [4.69, 9.17) is 20.8 Å². The lowest BCUT2D eigenvalue weighted by Crippen LogP contribution is -2.40. The van der Waals surface area contributed by atoms with E-state index < -0.39 is 10.0 Å². The Balaban J connectivity index is 1.27. The van der Waals surface area contributed by atoms with Gasteiger partial charge in [0.15, 0.2) is 11.7 Å². The number of halogens is 1. The molecule has 0 atom stereocenters. The van der Waals surface area contributed by atoms with Crippen molar-refractivity contribution >= 4 is 27.5 Å². The summed E-state index contributed by atoms with van der Waals surface area (Å²) < 4.78 is 37.7. The van der Waals surface area contributed by atoms with Crippen LogP contribution in [-0.2, 0) is 32.5 Å². The Morgan fingerprint density at radius 3 is 2.55 bits per heavy atom. The number of oxazole rings is 1. The minimum atomic E-state index is -3.53. The summed E-state index contributed by atoms with van der Waals surface area (Å²) in [6.45, 7) is 1.80. The van der Waals surface area contributed by atoms with E-state index in [0.717, 1.165) is 11.1 Å². The molecule has 33 heavy (non-hydrogen) atoms. The number of morpholine rings is 1. The van der Waals surface area contributed by atoms with Crippen LogP contribution in [0.15, 0.2) is 64.0 Å². The van der Waals surface area contributed by atoms with Crippen LogP contribution in [0.5, 0.6) is 0 Å². The molecule has 0 saturated carbocycles. The van der Waals surface area contributed by atoms with Crippen LogP contribution in [0.2, 0.25) is 5.02 Å². The standard InChI is InChI=1S/C23H24ClN3O5S/c24-20-4-2-1-3-19(20)21-16-26-23(32-21)10-9-22(28)25-15-17-5-7-18(8-6-17)33(29,30)27-11-13-31-14-12-27/h1-8,16H,9-15H2,(H,25,28). The monoisotopic (exact) mass is 489 g/mol. The number of hydrogen-bond acceptors (Lipinski definition) is 6. The van der Waals surface area contributed by atoms with E-state index in [1.165, 1.54) is 4.31 Å². The van der Waals surface area contributed by atoms with Crippen molar-refractivity contribution in [3.8, 4) is 11.3 Å². The maximum Gasteiger partial charge on any atom is 0.243 e. The number of benzene rings is 2. The first-order valence-corrected chi connectivity index (χ1v) is 12.4. The van der Waals surface area contributed by atoms with Crippen molar-refractivity contribution < 1.29 is 22.4 Å². The van der Waals surface area contributed by atoms with Gasteiger partial charge in [-0.3, -0.25) is 4.79 Å². The predicted molar refractivity (Wildman–Crippen MR) is 123 cm³/mol. The molecule has 0 unspecified atom stereocenters. The first-order valence-electron chi connectivity index (χ1n) is 10.6. The fourth-order valence-corrected chi connectivity index (χ4v) is 5.07. The van der Waals surface area contributed by atoms with Crippen molar-refractivity contribution in [2.24, 2.45) is 0 Å². The van der Waals surface area contributed by atoms with Gasteiger partial charge in [-0.25, -0.2) is 13.4 Å². The van der Waals surface area contributed by atoms with E-state index in [-0.39, 0.29) is 17.2 Å². The normalized spacial score (nSPS) is 14.8. The molecule has 2 heterocycles. The molecule has 1 aromatic heterocycles. The van der Waals surface area contributed by atoms with Crippen molar-refractivity contribution in [3.63, 3.8) is 0 Å². The third kappa shape index (κ3) is 5.80. The summed E-state index contributed by atoms with van der Waals surface area (Å²) in [7, 11) is -3.53. The zero-order chi connectivity index (χ0) is 23.3. The van der Waals surface area contributed by atoms with Crippen LogP contribution in [0.1, 0.15) is 17.9 Å². The summed E-state index contributed by atoms with van der Waals surface area (Å²) in [5.74, 6) is 0.860. The Hall–Kier alpha value is -2.72. The zero-order valence-corrected chi connectivity index (χ0v) is 19.4. The number of nitrogens with zero attached hydrogens (tertiary/aromatic N) is 2. The van der Waals surface area contributed by atoms with E-state index in [1.807, 2.05) is 18.2 Å². The number of hydrogen-bond donors (Lipinski definition) is 1. The number of sulfonamides is 1. The smallest absolute Gasteiger partial charge is 0.243 e. The van der Waals surface area contributed by atoms with Crippen molar-refractivity contribution in [1.29, 1.82) is 0 Å². The molecule has 1 amide bonds. The SMILES string of the molecule is O=C(CCc1ncc(-c2ccccc2Cl)o1)NCc1ccc(S(=O)(=O)N2CCOCC2)cc1. The number of nitrogens with one attached hydrogen (secondary N) is 1. The van der Waals surface area contributed by atoms with Gasteiger partial charge in [-0.15, -0.1) is 0 Å². The third-order valence-corrected chi connectivity index (χ3v) is 7.52. The van der Waals surface area contributed by atoms with E-state index in [0.29, 0.717) is 55.9 Å². The minimum absolute atomic E-state index is 0.155. The molecule has 8 nitrogen and oxygen atoms in total. The highest BCUT2D eigenvalue weighted by Gasteiger charge is 2.26. The molecule has 4 rings (SSSR count). The molecule has 1 aliphatic heterocycles. The molecule has 0 aliphatic carbocycles. The Morgan fingerprint density at radius 2 is 1.82 bits per heavy atom. The van der Waals surface area contributed by atoms with Crippen LogP contribution in [0.3, 0.4) is 0 Å². The Labute approximate surface area is 197 Å². The average Bonchev–Trinajstić information content (AvgIpc) is 3.31. The van der Waals surface area contributed by atoms with Gasteiger partial charge in [0.1, 0.15) is 0 Å². The number of carbonyl (C=O) groups excluding carboxylic acids is 1. The van der Waals surface area contributed by atoms with Crippen LogP contribution in [0.25, 0.3) is 11.3 Å². The first kappa shape index (κ1) is 23.4. The Morgan fingerprint density at radius 1 is 1.09 bits per heavy atom. The van der Waals surface area contributed by atoms with Gasteiger partial charge in [0.25, 0.3) is 0 Å². The average molecular weight is 490 g/mol. The fourth-order valence-electron chi connectivity index (χ4n) is 3.44. The lowest BCUT2D eigenvalue weighted by Gasteiger charge is -2.26. The van der Waals surface area contributed by atoms with E-state index >= 15 is 0 Å². The highest BCUT2D eigenvalue weighted by molar-refractivity contribution is 7.89. The largest absolute Gasteiger partial charge is 0.441 e. The predicted octanol–water partition coefficient (Wildman–Crippen LogP) is 3.26. The first-order chi connectivity index (χ1) is 15.9. The molecule has 2 aromatic carbocycles. The molecule has 1 aliphatic rings. The number of amides is 1. The zero-order valence-electron chi connectivity index (χ0n) is 17.9. The van der Waals surface area contributed by atoms with Crippen LogP contribution in [-0.4, -0.2) is 49.9 Å². The van der Waals surface area contributed by atoms with Crippen molar-refractivity contribution in [2.45, 2.75) is 24.3 Å². The van der Waals surface area contributed by atoms with Crippen LogP contribution in [0, 0.1) is 0 Å². The van der Waals surface area contributed by atoms with Crippen molar-refractivity contribution in [1.82, 2.24) is 14.6 Å². The molecule has 10 heteroatoms. The molecule has 0 bridgehead atoms. The van der Waals surface area contributed by atoms with Crippen LogP contribution in [0.4, 0.5) is 0 Å². The molecular formula is C23H24ClN3O5S. The second-order valence-electron chi connectivity index (χ2n) is 7.54. The lowest BCUT2D eigenvalue weighted by molar-refractivity contribution is -0.121. The van der Waals surface area contributed by atoms with Gasteiger partial charge in [0.05, 0.1) is 29.3 Å². The molecule has 1 saturated heterocycles. The highest BCUT2D eigenvalue weighted by atomic mass is 35.5. The minimum Gasteiger partial charge on any atom is -0.441 e. The molecule has 3 aromatic rings. The van der Waals surface area contributed by atoms with Gasteiger partial charge in [-0.2, -0.15) is 4.31 Å². The molecule has 0 spiro atoms. The molecule has 1 fully saturated rings. The van der Waals surface area contributed by atoms with Gasteiger partial charge in [0, 0.05) is 38.0 Å². The van der Waals surface area contributed by atoms with Gasteiger partial charge in [-0.1, -0.05) is 35.9 Å². The molecule has 174 valence electrons. The Kier molecular flexibility index (Phi) is 7.44. The Bertz CT molecular complexity index is 1200. The summed E-state index contributed by atoms with van der Waals surface area (Å²) >= 11 is 6.18. The van der Waals surface area contributed by atoms with Gasteiger partial charge >= 0.3 is 0 Å². The summed E-state index contributed by atoms with van der Waals surface area (Å²) in [5, 5.41) is 3.40. The van der Waals surface area contributed by atoms with Crippen molar-refractivity contribution in [2.75, 3.05) is 26.3 Å². The summed E-state index contributed by atoms with van der Waals surface area (Å²) in [4.78, 5) is 16.7. The van der Waals surface area contributed by atoms with Crippen LogP contribution < -0.4 is 5.32 Å². The quantitative estimate of drug-likeness (QED) is 0.521. The number of carbonyl (C=O) groups is 1.